The molecular weight excluding hydrogens is 402 g/mol. The van der Waals surface area contributed by atoms with Crippen LogP contribution in [0.2, 0.25) is 5.02 Å². The normalized spacial score (nSPS) is 11.1. The van der Waals surface area contributed by atoms with E-state index < -0.39 is 10.1 Å². The zero-order valence-corrected chi connectivity index (χ0v) is 16.6. The Morgan fingerprint density at radius 3 is 2.64 bits per heavy atom. The molecule has 0 spiro atoms. The molecule has 0 atom stereocenters. The molecule has 0 saturated carbocycles. The predicted molar refractivity (Wildman–Crippen MR) is 106 cm³/mol. The second kappa shape index (κ2) is 8.90. The number of hydrogen-bond acceptors (Lipinski definition) is 7. The Bertz CT molecular complexity index is 1050. The first-order chi connectivity index (χ1) is 13.4. The van der Waals surface area contributed by atoms with E-state index in [1.165, 1.54) is 18.2 Å². The molecule has 2 aromatic carbocycles. The van der Waals surface area contributed by atoms with E-state index in [4.69, 9.17) is 20.5 Å². The van der Waals surface area contributed by atoms with Crippen molar-refractivity contribution >= 4 is 27.4 Å². The van der Waals surface area contributed by atoms with Crippen molar-refractivity contribution in [3.05, 3.63) is 71.5 Å². The number of anilines is 1. The number of nitrogens with one attached hydrogen (secondary N) is 1. The molecule has 0 aliphatic carbocycles. The van der Waals surface area contributed by atoms with Crippen molar-refractivity contribution in [3.63, 3.8) is 0 Å². The van der Waals surface area contributed by atoms with Gasteiger partial charge >= 0.3 is 10.1 Å². The van der Waals surface area contributed by atoms with E-state index in [0.29, 0.717) is 23.9 Å². The Kier molecular flexibility index (Phi) is 6.33. The SMILES string of the molecule is Cc1cc(OCCNc2ccnnc2)cc(OS(=O)(=O)c2cccc(Cl)c2)c1. The van der Waals surface area contributed by atoms with Crippen molar-refractivity contribution in [2.24, 2.45) is 0 Å². The van der Waals surface area contributed by atoms with E-state index in [1.54, 1.807) is 42.7 Å². The molecule has 0 fully saturated rings. The first-order valence-electron chi connectivity index (χ1n) is 8.37. The Morgan fingerprint density at radius 1 is 1.07 bits per heavy atom. The summed E-state index contributed by atoms with van der Waals surface area (Å²) in [6, 6.07) is 12.7. The first kappa shape index (κ1) is 19.9. The number of aromatic nitrogens is 2. The van der Waals surface area contributed by atoms with E-state index >= 15 is 0 Å². The molecule has 1 heterocycles. The van der Waals surface area contributed by atoms with Crippen LogP contribution < -0.4 is 14.2 Å². The highest BCUT2D eigenvalue weighted by atomic mass is 35.5. The summed E-state index contributed by atoms with van der Waals surface area (Å²) in [4.78, 5) is -0.0147. The van der Waals surface area contributed by atoms with Crippen molar-refractivity contribution in [2.45, 2.75) is 11.8 Å². The van der Waals surface area contributed by atoms with E-state index in [0.717, 1.165) is 11.3 Å². The maximum absolute atomic E-state index is 12.5. The topological polar surface area (TPSA) is 90.4 Å². The molecule has 0 amide bonds. The lowest BCUT2D eigenvalue weighted by Gasteiger charge is -2.12. The number of rotatable bonds is 8. The molecule has 0 aliphatic heterocycles. The third-order valence-electron chi connectivity index (χ3n) is 3.60. The molecule has 0 unspecified atom stereocenters. The lowest BCUT2D eigenvalue weighted by Crippen LogP contribution is -2.12. The van der Waals surface area contributed by atoms with Gasteiger partial charge < -0.3 is 14.2 Å². The van der Waals surface area contributed by atoms with Crippen LogP contribution in [0.25, 0.3) is 0 Å². The molecule has 3 aromatic rings. The summed E-state index contributed by atoms with van der Waals surface area (Å²) < 4.78 is 35.8. The van der Waals surface area contributed by atoms with Crippen LogP contribution in [0, 0.1) is 6.92 Å². The van der Waals surface area contributed by atoms with Gasteiger partial charge in [-0.3, -0.25) is 0 Å². The molecule has 0 radical (unpaired) electrons. The Balaban J connectivity index is 1.64. The van der Waals surface area contributed by atoms with Gasteiger partial charge in [-0.25, -0.2) is 0 Å². The maximum atomic E-state index is 12.5. The number of ether oxygens (including phenoxy) is 1. The minimum absolute atomic E-state index is 0.0147. The summed E-state index contributed by atoms with van der Waals surface area (Å²) in [7, 11) is -4.00. The van der Waals surface area contributed by atoms with Crippen LogP contribution >= 0.6 is 11.6 Å². The van der Waals surface area contributed by atoms with Gasteiger partial charge in [0.2, 0.25) is 0 Å². The molecule has 3 rings (SSSR count). The summed E-state index contributed by atoms with van der Waals surface area (Å²) in [5.41, 5.74) is 1.64. The quantitative estimate of drug-likeness (QED) is 0.439. The van der Waals surface area contributed by atoms with Crippen LogP contribution in [0.15, 0.2) is 65.8 Å². The Hall–Kier alpha value is -2.84. The number of hydrogen-bond donors (Lipinski definition) is 1. The summed E-state index contributed by atoms with van der Waals surface area (Å²) in [5, 5.41) is 10.9. The number of aryl methyl sites for hydroxylation is 1. The smallest absolute Gasteiger partial charge is 0.339 e. The minimum Gasteiger partial charge on any atom is -0.492 e. The van der Waals surface area contributed by atoms with Crippen LogP contribution in [0.5, 0.6) is 11.5 Å². The molecule has 0 bridgehead atoms. The van der Waals surface area contributed by atoms with Crippen LogP contribution in [0.3, 0.4) is 0 Å². The van der Waals surface area contributed by atoms with E-state index in [9.17, 15) is 8.42 Å². The molecule has 7 nitrogen and oxygen atoms in total. The molecular formula is C19H18ClN3O4S. The van der Waals surface area contributed by atoms with E-state index in [2.05, 4.69) is 15.5 Å². The molecule has 28 heavy (non-hydrogen) atoms. The highest BCUT2D eigenvalue weighted by Crippen LogP contribution is 2.26. The second-order valence-corrected chi connectivity index (χ2v) is 7.87. The van der Waals surface area contributed by atoms with Gasteiger partial charge in [-0.15, -0.1) is 0 Å². The summed E-state index contributed by atoms with van der Waals surface area (Å²) in [6.45, 7) is 2.73. The van der Waals surface area contributed by atoms with Crippen molar-refractivity contribution in [1.82, 2.24) is 10.2 Å². The van der Waals surface area contributed by atoms with Gasteiger partial charge in [0.15, 0.2) is 0 Å². The highest BCUT2D eigenvalue weighted by Gasteiger charge is 2.17. The summed E-state index contributed by atoms with van der Waals surface area (Å²) >= 11 is 5.87. The zero-order chi connectivity index (χ0) is 20.0. The van der Waals surface area contributed by atoms with Gasteiger partial charge in [0.1, 0.15) is 23.0 Å². The lowest BCUT2D eigenvalue weighted by atomic mass is 10.2. The zero-order valence-electron chi connectivity index (χ0n) is 15.0. The van der Waals surface area contributed by atoms with Gasteiger partial charge in [-0.2, -0.15) is 18.6 Å². The van der Waals surface area contributed by atoms with Gasteiger partial charge in [-0.1, -0.05) is 17.7 Å². The Labute approximate surface area is 168 Å². The van der Waals surface area contributed by atoms with E-state index in [1.807, 2.05) is 6.92 Å². The lowest BCUT2D eigenvalue weighted by molar-refractivity contribution is 0.331. The number of nitrogens with zero attached hydrogens (tertiary/aromatic N) is 2. The third kappa shape index (κ3) is 5.58. The standard InChI is InChI=1S/C19H18ClN3O4S/c1-14-9-17(26-8-7-21-16-5-6-22-23-13-16)12-18(10-14)27-28(24,25)19-4-2-3-15(20)11-19/h2-6,9-13H,7-8H2,1H3,(H,21,22). The van der Waals surface area contributed by atoms with Crippen LogP contribution in [0.1, 0.15) is 5.56 Å². The van der Waals surface area contributed by atoms with Crippen LogP contribution in [0.4, 0.5) is 5.69 Å². The molecule has 1 aromatic heterocycles. The molecule has 1 N–H and O–H groups in total. The Morgan fingerprint density at radius 2 is 1.89 bits per heavy atom. The fraction of sp³-hybridized carbons (Fsp3) is 0.158. The second-order valence-electron chi connectivity index (χ2n) is 5.88. The number of benzene rings is 2. The molecule has 146 valence electrons. The average Bonchev–Trinajstić information content (AvgIpc) is 2.65. The first-order valence-corrected chi connectivity index (χ1v) is 10.2. The highest BCUT2D eigenvalue weighted by molar-refractivity contribution is 7.87. The van der Waals surface area contributed by atoms with Crippen molar-refractivity contribution in [3.8, 4) is 11.5 Å². The minimum atomic E-state index is -4.00. The third-order valence-corrected chi connectivity index (χ3v) is 5.08. The predicted octanol–water partition coefficient (Wildman–Crippen LogP) is 3.70. The van der Waals surface area contributed by atoms with E-state index in [-0.39, 0.29) is 10.6 Å². The fourth-order valence-corrected chi connectivity index (χ4v) is 3.62. The van der Waals surface area contributed by atoms with Crippen molar-refractivity contribution in [2.75, 3.05) is 18.5 Å². The van der Waals surface area contributed by atoms with Gasteiger partial charge in [-0.05, 0) is 48.9 Å². The molecule has 9 heteroatoms. The van der Waals surface area contributed by atoms with Gasteiger partial charge in [0.25, 0.3) is 0 Å². The summed E-state index contributed by atoms with van der Waals surface area (Å²) in [6.07, 6.45) is 3.20. The van der Waals surface area contributed by atoms with Crippen molar-refractivity contribution < 1.29 is 17.3 Å². The average molecular weight is 420 g/mol. The van der Waals surface area contributed by atoms with Crippen LogP contribution in [-0.2, 0) is 10.1 Å². The monoisotopic (exact) mass is 419 g/mol. The molecule has 0 saturated heterocycles. The number of halogens is 1. The van der Waals surface area contributed by atoms with Gasteiger partial charge in [0.05, 0.1) is 18.1 Å². The summed E-state index contributed by atoms with van der Waals surface area (Å²) in [5.74, 6) is 0.673. The van der Waals surface area contributed by atoms with Crippen molar-refractivity contribution in [1.29, 1.82) is 0 Å². The largest absolute Gasteiger partial charge is 0.492 e. The fourth-order valence-electron chi connectivity index (χ4n) is 2.40. The van der Waals surface area contributed by atoms with Crippen LogP contribution in [-0.4, -0.2) is 31.8 Å². The van der Waals surface area contributed by atoms with Gasteiger partial charge in [0, 0.05) is 17.6 Å². The maximum Gasteiger partial charge on any atom is 0.339 e. The molecule has 0 aliphatic rings.